The minimum atomic E-state index is -0.0108. The van der Waals surface area contributed by atoms with Crippen molar-refractivity contribution >= 4 is 5.91 Å². The zero-order chi connectivity index (χ0) is 16.1. The van der Waals surface area contributed by atoms with Crippen molar-refractivity contribution in [1.82, 2.24) is 4.90 Å². The molecule has 2 rings (SSSR count). The van der Waals surface area contributed by atoms with Gasteiger partial charge in [0, 0.05) is 18.2 Å². The Labute approximate surface area is 131 Å². The molecule has 1 aliphatic heterocycles. The Morgan fingerprint density at radius 3 is 2.82 bits per heavy atom. The summed E-state index contributed by atoms with van der Waals surface area (Å²) in [6.45, 7) is 4.17. The van der Waals surface area contributed by atoms with Crippen LogP contribution in [0.4, 0.5) is 0 Å². The Hall–Kier alpha value is -2.22. The number of methoxy groups -OCH3 is 1. The molecule has 1 fully saturated rings. The number of rotatable bonds is 5. The van der Waals surface area contributed by atoms with Gasteiger partial charge in [0.1, 0.15) is 0 Å². The zero-order valence-corrected chi connectivity index (χ0v) is 13.3. The van der Waals surface area contributed by atoms with E-state index in [-0.39, 0.29) is 18.6 Å². The smallest absolute Gasteiger partial charge is 0.260 e. The van der Waals surface area contributed by atoms with Crippen LogP contribution >= 0.6 is 0 Å². The van der Waals surface area contributed by atoms with E-state index >= 15 is 0 Å². The van der Waals surface area contributed by atoms with Gasteiger partial charge in [-0.15, -0.1) is 0 Å². The Morgan fingerprint density at radius 1 is 1.41 bits per heavy atom. The highest BCUT2D eigenvalue weighted by molar-refractivity contribution is 5.79. The maximum Gasteiger partial charge on any atom is 0.260 e. The van der Waals surface area contributed by atoms with Crippen LogP contribution in [0.5, 0.6) is 11.5 Å². The van der Waals surface area contributed by atoms with Crippen molar-refractivity contribution in [2.75, 3.05) is 13.7 Å². The van der Waals surface area contributed by atoms with E-state index in [1.165, 1.54) is 7.11 Å². The normalized spacial score (nSPS) is 20.5. The molecule has 1 aromatic rings. The van der Waals surface area contributed by atoms with E-state index in [1.54, 1.807) is 18.2 Å². The second-order valence-corrected chi connectivity index (χ2v) is 5.56. The number of nitriles is 1. The van der Waals surface area contributed by atoms with Gasteiger partial charge in [-0.05, 0) is 38.3 Å². The van der Waals surface area contributed by atoms with Crippen molar-refractivity contribution in [2.24, 2.45) is 0 Å². The second kappa shape index (κ2) is 7.17. The van der Waals surface area contributed by atoms with Gasteiger partial charge in [0.25, 0.3) is 5.91 Å². The molecule has 0 saturated carbocycles. The zero-order valence-electron chi connectivity index (χ0n) is 13.3. The molecule has 118 valence electrons. The molecule has 0 aliphatic carbocycles. The van der Waals surface area contributed by atoms with Crippen LogP contribution in [0.25, 0.3) is 0 Å². The van der Waals surface area contributed by atoms with Gasteiger partial charge in [-0.2, -0.15) is 5.26 Å². The van der Waals surface area contributed by atoms with E-state index < -0.39 is 0 Å². The van der Waals surface area contributed by atoms with Crippen molar-refractivity contribution in [2.45, 2.75) is 45.2 Å². The van der Waals surface area contributed by atoms with Gasteiger partial charge in [-0.1, -0.05) is 6.92 Å². The molecular weight excluding hydrogens is 280 g/mol. The molecule has 5 heteroatoms. The fourth-order valence-electron chi connectivity index (χ4n) is 2.99. The molecule has 0 radical (unpaired) electrons. The Bertz CT molecular complexity index is 580. The maximum absolute atomic E-state index is 12.4. The number of likely N-dealkylation sites (tertiary alicyclic amines) is 1. The summed E-state index contributed by atoms with van der Waals surface area (Å²) in [6, 6.07) is 7.54. The molecule has 0 bridgehead atoms. The molecule has 2 unspecified atom stereocenters. The molecule has 1 saturated heterocycles. The van der Waals surface area contributed by atoms with Gasteiger partial charge in [0.15, 0.2) is 18.1 Å². The molecular formula is C17H22N2O3. The number of hydrogen-bond acceptors (Lipinski definition) is 4. The summed E-state index contributed by atoms with van der Waals surface area (Å²) in [5, 5.41) is 8.89. The maximum atomic E-state index is 12.4. The molecule has 1 aliphatic rings. The number of benzene rings is 1. The average Bonchev–Trinajstić information content (AvgIpc) is 2.93. The van der Waals surface area contributed by atoms with Crippen molar-refractivity contribution in [1.29, 1.82) is 5.26 Å². The van der Waals surface area contributed by atoms with E-state index in [2.05, 4.69) is 13.8 Å². The number of ether oxygens (including phenoxy) is 2. The van der Waals surface area contributed by atoms with Gasteiger partial charge < -0.3 is 14.4 Å². The predicted molar refractivity (Wildman–Crippen MR) is 82.8 cm³/mol. The summed E-state index contributed by atoms with van der Waals surface area (Å²) in [7, 11) is 1.51. The van der Waals surface area contributed by atoms with Crippen LogP contribution in [0, 0.1) is 11.3 Å². The van der Waals surface area contributed by atoms with E-state index in [1.807, 2.05) is 11.0 Å². The Kier molecular flexibility index (Phi) is 5.26. The summed E-state index contributed by atoms with van der Waals surface area (Å²) >= 11 is 0. The van der Waals surface area contributed by atoms with Gasteiger partial charge in [0.05, 0.1) is 18.7 Å². The summed E-state index contributed by atoms with van der Waals surface area (Å²) in [5.41, 5.74) is 0.495. The molecule has 22 heavy (non-hydrogen) atoms. The van der Waals surface area contributed by atoms with Crippen LogP contribution < -0.4 is 9.47 Å². The molecule has 1 amide bonds. The number of nitrogens with zero attached hydrogens (tertiary/aromatic N) is 2. The highest BCUT2D eigenvalue weighted by Crippen LogP contribution is 2.29. The third kappa shape index (κ3) is 3.33. The lowest BCUT2D eigenvalue weighted by Crippen LogP contribution is -2.42. The lowest BCUT2D eigenvalue weighted by Gasteiger charge is -2.28. The molecule has 2 atom stereocenters. The van der Waals surface area contributed by atoms with Crippen LogP contribution in [0.2, 0.25) is 0 Å². The number of carbonyl (C=O) groups is 1. The van der Waals surface area contributed by atoms with E-state index in [0.29, 0.717) is 23.1 Å². The Morgan fingerprint density at radius 2 is 2.18 bits per heavy atom. The van der Waals surface area contributed by atoms with E-state index in [4.69, 9.17) is 14.7 Å². The van der Waals surface area contributed by atoms with Crippen molar-refractivity contribution in [3.8, 4) is 17.6 Å². The quantitative estimate of drug-likeness (QED) is 0.839. The number of carbonyl (C=O) groups excluding carboxylic acids is 1. The molecule has 0 N–H and O–H groups in total. The van der Waals surface area contributed by atoms with Gasteiger partial charge in [-0.3, -0.25) is 4.79 Å². The summed E-state index contributed by atoms with van der Waals surface area (Å²) in [6.07, 6.45) is 3.07. The minimum Gasteiger partial charge on any atom is -0.493 e. The minimum absolute atomic E-state index is 0.00302. The molecule has 0 spiro atoms. The van der Waals surface area contributed by atoms with Crippen LogP contribution in [-0.4, -0.2) is 36.6 Å². The molecule has 1 aromatic carbocycles. The first-order valence-electron chi connectivity index (χ1n) is 7.62. The van der Waals surface area contributed by atoms with Crippen LogP contribution in [-0.2, 0) is 4.79 Å². The number of hydrogen-bond donors (Lipinski definition) is 0. The van der Waals surface area contributed by atoms with Gasteiger partial charge in [0.2, 0.25) is 0 Å². The number of amides is 1. The summed E-state index contributed by atoms with van der Waals surface area (Å²) < 4.78 is 10.8. The van der Waals surface area contributed by atoms with Crippen molar-refractivity contribution < 1.29 is 14.3 Å². The third-order valence-electron chi connectivity index (χ3n) is 4.19. The lowest BCUT2D eigenvalue weighted by atomic mass is 10.1. The summed E-state index contributed by atoms with van der Waals surface area (Å²) in [4.78, 5) is 14.4. The van der Waals surface area contributed by atoms with Crippen LogP contribution in [0.15, 0.2) is 18.2 Å². The first-order chi connectivity index (χ1) is 10.6. The molecule has 5 nitrogen and oxygen atoms in total. The van der Waals surface area contributed by atoms with E-state index in [9.17, 15) is 4.79 Å². The SMILES string of the molecule is CCC1CCC(C)N1C(=O)COc1ccc(C#N)cc1OC. The van der Waals surface area contributed by atoms with E-state index in [0.717, 1.165) is 19.3 Å². The third-order valence-corrected chi connectivity index (χ3v) is 4.19. The fourth-order valence-corrected chi connectivity index (χ4v) is 2.99. The van der Waals surface area contributed by atoms with Crippen molar-refractivity contribution in [3.63, 3.8) is 0 Å². The topological polar surface area (TPSA) is 62.6 Å². The average molecular weight is 302 g/mol. The van der Waals surface area contributed by atoms with Gasteiger partial charge >= 0.3 is 0 Å². The monoisotopic (exact) mass is 302 g/mol. The largest absolute Gasteiger partial charge is 0.493 e. The standard InChI is InChI=1S/C17H22N2O3/c1-4-14-7-5-12(2)19(14)17(20)11-22-15-8-6-13(10-18)9-16(15)21-3/h6,8-9,12,14H,4-5,7,11H2,1-3H3. The molecule has 1 heterocycles. The predicted octanol–water partition coefficient (Wildman–Crippen LogP) is 2.74. The lowest BCUT2D eigenvalue weighted by molar-refractivity contribution is -0.136. The highest BCUT2D eigenvalue weighted by Gasteiger charge is 2.33. The van der Waals surface area contributed by atoms with Crippen molar-refractivity contribution in [3.05, 3.63) is 23.8 Å². The first kappa shape index (κ1) is 16.2. The molecule has 0 aromatic heterocycles. The fraction of sp³-hybridized carbons (Fsp3) is 0.529. The summed E-state index contributed by atoms with van der Waals surface area (Å²) in [5.74, 6) is 0.950. The van der Waals surface area contributed by atoms with Crippen LogP contribution in [0.1, 0.15) is 38.7 Å². The Balaban J connectivity index is 2.03. The second-order valence-electron chi connectivity index (χ2n) is 5.56. The van der Waals surface area contributed by atoms with Gasteiger partial charge in [-0.25, -0.2) is 0 Å². The first-order valence-corrected chi connectivity index (χ1v) is 7.62. The highest BCUT2D eigenvalue weighted by atomic mass is 16.5. The van der Waals surface area contributed by atoms with Crippen LogP contribution in [0.3, 0.4) is 0 Å².